The second-order valence-electron chi connectivity index (χ2n) is 6.39. The highest BCUT2D eigenvalue weighted by molar-refractivity contribution is 5.35. The van der Waals surface area contributed by atoms with E-state index in [4.69, 9.17) is 0 Å². The molecule has 0 radical (unpaired) electrons. The second kappa shape index (κ2) is 5.15. The van der Waals surface area contributed by atoms with Crippen molar-refractivity contribution in [2.45, 2.75) is 47.5 Å². The summed E-state index contributed by atoms with van der Waals surface area (Å²) in [5.74, 6) is 2.40. The van der Waals surface area contributed by atoms with Crippen molar-refractivity contribution < 1.29 is 0 Å². The van der Waals surface area contributed by atoms with E-state index in [9.17, 15) is 0 Å². The van der Waals surface area contributed by atoms with Crippen molar-refractivity contribution in [3.05, 3.63) is 47.6 Å². The lowest BCUT2D eigenvalue weighted by atomic mass is 9.81. The van der Waals surface area contributed by atoms with Gasteiger partial charge in [0.1, 0.15) is 0 Å². The Kier molecular flexibility index (Phi) is 3.90. The van der Waals surface area contributed by atoms with Crippen LogP contribution in [0.2, 0.25) is 0 Å². The molecule has 0 fully saturated rings. The van der Waals surface area contributed by atoms with Crippen LogP contribution in [-0.4, -0.2) is 0 Å². The maximum absolute atomic E-state index is 2.42. The molecule has 0 nitrogen and oxygen atoms in total. The Morgan fingerprint density at radius 2 is 1.89 bits per heavy atom. The molecule has 0 N–H and O–H groups in total. The van der Waals surface area contributed by atoms with Gasteiger partial charge in [0.05, 0.1) is 0 Å². The van der Waals surface area contributed by atoms with E-state index in [-0.39, 0.29) is 7.43 Å². The Hall–Kier alpha value is -1.04. The van der Waals surface area contributed by atoms with Crippen LogP contribution >= 0.6 is 0 Å². The highest BCUT2D eigenvalue weighted by Crippen LogP contribution is 2.50. The normalized spacial score (nSPS) is 39.6. The zero-order chi connectivity index (χ0) is 12.8. The van der Waals surface area contributed by atoms with Crippen molar-refractivity contribution in [2.75, 3.05) is 0 Å². The molecule has 4 aliphatic rings. The smallest absolute Gasteiger partial charge is 0.00943 e. The van der Waals surface area contributed by atoms with E-state index in [1.54, 1.807) is 11.1 Å². The van der Waals surface area contributed by atoms with E-state index < -0.39 is 0 Å². The Morgan fingerprint density at radius 1 is 1.11 bits per heavy atom. The summed E-state index contributed by atoms with van der Waals surface area (Å²) in [6.45, 7) is 6.79. The molecule has 4 rings (SSSR count). The monoisotopic (exact) mass is 256 g/mol. The van der Waals surface area contributed by atoms with Gasteiger partial charge in [-0.15, -0.1) is 0 Å². The van der Waals surface area contributed by atoms with E-state index in [0.717, 1.165) is 17.8 Å². The average Bonchev–Trinajstić information content (AvgIpc) is 3.07. The van der Waals surface area contributed by atoms with Crippen molar-refractivity contribution in [3.63, 3.8) is 0 Å². The Morgan fingerprint density at radius 3 is 2.16 bits per heavy atom. The minimum Gasteiger partial charge on any atom is -0.0810 e. The van der Waals surface area contributed by atoms with Gasteiger partial charge in [-0.2, -0.15) is 0 Å². The summed E-state index contributed by atoms with van der Waals surface area (Å²) < 4.78 is 0. The van der Waals surface area contributed by atoms with Gasteiger partial charge in [0.15, 0.2) is 0 Å². The van der Waals surface area contributed by atoms with Crippen molar-refractivity contribution in [3.8, 4) is 0 Å². The highest BCUT2D eigenvalue weighted by Gasteiger charge is 2.38. The van der Waals surface area contributed by atoms with Crippen LogP contribution in [-0.2, 0) is 0 Å². The van der Waals surface area contributed by atoms with Gasteiger partial charge in [0.25, 0.3) is 0 Å². The molecule has 0 saturated heterocycles. The second-order valence-corrected chi connectivity index (χ2v) is 6.39. The molecule has 0 heteroatoms. The average molecular weight is 256 g/mol. The van der Waals surface area contributed by atoms with Crippen LogP contribution in [0.3, 0.4) is 0 Å². The lowest BCUT2D eigenvalue weighted by Crippen LogP contribution is -2.11. The maximum Gasteiger partial charge on any atom is 0.00943 e. The minimum absolute atomic E-state index is 0. The van der Waals surface area contributed by atoms with Gasteiger partial charge in [-0.25, -0.2) is 0 Å². The largest absolute Gasteiger partial charge is 0.0810 e. The molecule has 4 unspecified atom stereocenters. The van der Waals surface area contributed by atoms with Crippen LogP contribution in [0, 0.1) is 23.2 Å². The van der Waals surface area contributed by atoms with E-state index in [1.807, 2.05) is 0 Å². The van der Waals surface area contributed by atoms with Gasteiger partial charge < -0.3 is 0 Å². The molecule has 0 aliphatic heterocycles. The number of fused-ring (bicyclic) bond motifs is 4. The third-order valence-electron chi connectivity index (χ3n) is 5.32. The molecule has 4 atom stereocenters. The molecule has 4 aliphatic carbocycles. The molecule has 0 saturated carbocycles. The molecule has 104 valence electrons. The summed E-state index contributed by atoms with van der Waals surface area (Å²) in [4.78, 5) is 0. The lowest BCUT2D eigenvalue weighted by Gasteiger charge is -2.23. The molecule has 4 bridgehead atoms. The summed E-state index contributed by atoms with van der Waals surface area (Å²) in [5.41, 5.74) is 3.67. The fraction of sp³-hybridized carbons (Fsp3) is 0.579. The first-order chi connectivity index (χ1) is 8.63. The molecule has 0 aromatic heterocycles. The topological polar surface area (TPSA) is 0 Å². The quantitative estimate of drug-likeness (QED) is 0.528. The van der Waals surface area contributed by atoms with Crippen LogP contribution in [0.25, 0.3) is 0 Å². The van der Waals surface area contributed by atoms with Crippen LogP contribution in [0.15, 0.2) is 47.6 Å². The molecule has 0 amide bonds. The Labute approximate surface area is 119 Å². The van der Waals surface area contributed by atoms with Crippen LogP contribution in [0.5, 0.6) is 0 Å². The van der Waals surface area contributed by atoms with Gasteiger partial charge in [0.2, 0.25) is 0 Å². The molecule has 0 aromatic rings. The zero-order valence-electron chi connectivity index (χ0n) is 11.8. The third kappa shape index (κ3) is 2.38. The molecular weight excluding hydrogens is 228 g/mol. The summed E-state index contributed by atoms with van der Waals surface area (Å²) in [7, 11) is 0. The Bertz CT molecular complexity index is 460. The number of rotatable bonds is 1. The molecule has 0 heterocycles. The van der Waals surface area contributed by atoms with E-state index >= 15 is 0 Å². The summed E-state index contributed by atoms with van der Waals surface area (Å²) in [6.07, 6.45) is 18.2. The predicted molar refractivity (Wildman–Crippen MR) is 85.0 cm³/mol. The van der Waals surface area contributed by atoms with Crippen molar-refractivity contribution in [1.82, 2.24) is 0 Å². The van der Waals surface area contributed by atoms with Gasteiger partial charge >= 0.3 is 0 Å². The first kappa shape index (κ1) is 14.4. The third-order valence-corrected chi connectivity index (χ3v) is 5.32. The molecular formula is C19H28. The fourth-order valence-electron chi connectivity index (χ4n) is 3.95. The summed E-state index contributed by atoms with van der Waals surface area (Å²) in [6, 6.07) is 0. The van der Waals surface area contributed by atoms with Crippen LogP contribution in [0.4, 0.5) is 0 Å². The van der Waals surface area contributed by atoms with Gasteiger partial charge in [-0.1, -0.05) is 62.0 Å². The fourth-order valence-corrected chi connectivity index (χ4v) is 3.95. The SMILES string of the molecule is C.CC1=CC2C=CC1C2.CCC12C=CC(C=C1C)C2. The first-order valence-corrected chi connectivity index (χ1v) is 7.38. The highest BCUT2D eigenvalue weighted by atomic mass is 14.4. The standard InChI is InChI=1S/C10H14.C8H10.CH4/c1-3-10-5-4-9(7-10)6-8(10)2;1-6-4-7-2-3-8(6)5-7;/h4-6,9H,3,7H2,1-2H3;2-4,7-8H,5H2,1H3;1H4. The Balaban J connectivity index is 0.000000136. The van der Waals surface area contributed by atoms with Crippen molar-refractivity contribution in [1.29, 1.82) is 0 Å². The van der Waals surface area contributed by atoms with Gasteiger partial charge in [-0.3, -0.25) is 0 Å². The van der Waals surface area contributed by atoms with Crippen LogP contribution < -0.4 is 0 Å². The minimum atomic E-state index is 0. The van der Waals surface area contributed by atoms with E-state index in [2.05, 4.69) is 57.2 Å². The van der Waals surface area contributed by atoms with Gasteiger partial charge in [0, 0.05) is 5.41 Å². The molecule has 0 aromatic carbocycles. The van der Waals surface area contributed by atoms with E-state index in [0.29, 0.717) is 5.41 Å². The van der Waals surface area contributed by atoms with Gasteiger partial charge in [-0.05, 0) is 50.9 Å². The number of hydrogen-bond donors (Lipinski definition) is 0. The summed E-state index contributed by atoms with van der Waals surface area (Å²) >= 11 is 0. The summed E-state index contributed by atoms with van der Waals surface area (Å²) in [5, 5.41) is 0. The maximum atomic E-state index is 2.42. The first-order valence-electron chi connectivity index (χ1n) is 7.38. The zero-order valence-corrected chi connectivity index (χ0v) is 11.8. The van der Waals surface area contributed by atoms with E-state index in [1.165, 1.54) is 19.3 Å². The molecule has 19 heavy (non-hydrogen) atoms. The predicted octanol–water partition coefficient (Wildman–Crippen LogP) is 5.69. The lowest BCUT2D eigenvalue weighted by molar-refractivity contribution is 0.441. The van der Waals surface area contributed by atoms with Crippen LogP contribution in [0.1, 0.15) is 47.5 Å². The number of allylic oxidation sites excluding steroid dienone is 8. The van der Waals surface area contributed by atoms with Crippen molar-refractivity contribution in [2.24, 2.45) is 23.2 Å². The molecule has 0 spiro atoms. The number of hydrogen-bond acceptors (Lipinski definition) is 0. The van der Waals surface area contributed by atoms with Crippen molar-refractivity contribution >= 4 is 0 Å².